The molecule has 0 bridgehead atoms. The molecule has 1 fully saturated rings. The maximum Gasteiger partial charge on any atom is 0.363 e. The number of hydrogen-bond donors (Lipinski definition) is 4. The lowest BCUT2D eigenvalue weighted by Crippen LogP contribution is -2.63. The van der Waals surface area contributed by atoms with Crippen LogP contribution in [0.4, 0.5) is 0 Å². The van der Waals surface area contributed by atoms with E-state index in [1.165, 1.54) is 6.92 Å². The Morgan fingerprint density at radius 3 is 2.30 bits per heavy atom. The van der Waals surface area contributed by atoms with Crippen molar-refractivity contribution in [2.24, 2.45) is 5.73 Å². The van der Waals surface area contributed by atoms with Crippen LogP contribution in [-0.4, -0.2) is 60.4 Å². The first-order chi connectivity index (χ1) is 14.0. The summed E-state index contributed by atoms with van der Waals surface area (Å²) in [6, 6.07) is 0.0412. The molecular weight excluding hydrogens is 405 g/mol. The number of rotatable bonds is 14. The summed E-state index contributed by atoms with van der Waals surface area (Å²) >= 11 is 0. The minimum atomic E-state index is -3.41. The number of piperidine rings is 1. The highest BCUT2D eigenvalue weighted by molar-refractivity contribution is 7.53. The third kappa shape index (κ3) is 9.30. The summed E-state index contributed by atoms with van der Waals surface area (Å²) in [6.07, 6.45) is 4.50. The minimum absolute atomic E-state index is 0.0398. The minimum Gasteiger partial charge on any atom is -0.353 e. The van der Waals surface area contributed by atoms with Crippen molar-refractivity contribution in [1.29, 1.82) is 0 Å². The van der Waals surface area contributed by atoms with Crippen LogP contribution in [0.3, 0.4) is 0 Å². The number of nitrogens with two attached hydrogens (primary N) is 1. The number of amides is 1. The lowest BCUT2D eigenvalue weighted by molar-refractivity contribution is -0.228. The van der Waals surface area contributed by atoms with E-state index in [1.807, 2.05) is 32.8 Å². The third-order valence-electron chi connectivity index (χ3n) is 5.17. The van der Waals surface area contributed by atoms with Gasteiger partial charge < -0.3 is 16.4 Å². The fraction of sp³-hybridized carbons (Fsp3) is 0.950. The van der Waals surface area contributed by atoms with Crippen LogP contribution in [0.2, 0.25) is 0 Å². The van der Waals surface area contributed by atoms with E-state index >= 15 is 0 Å². The summed E-state index contributed by atoms with van der Waals surface area (Å²) in [5.74, 6) is -0.0398. The van der Waals surface area contributed by atoms with Gasteiger partial charge in [0.2, 0.25) is 5.91 Å². The summed E-state index contributed by atoms with van der Waals surface area (Å²) in [5.41, 5.74) is 7.42. The van der Waals surface area contributed by atoms with E-state index in [4.69, 9.17) is 15.0 Å². The molecule has 9 nitrogen and oxygen atoms in total. The summed E-state index contributed by atoms with van der Waals surface area (Å²) < 4.78 is 25.4. The highest BCUT2D eigenvalue weighted by atomic mass is 31.2. The predicted octanol–water partition coefficient (Wildman–Crippen LogP) is 2.53. The molecule has 0 spiro atoms. The van der Waals surface area contributed by atoms with Crippen LogP contribution < -0.4 is 21.8 Å². The average molecular weight is 450 g/mol. The van der Waals surface area contributed by atoms with Gasteiger partial charge in [0.05, 0.1) is 6.16 Å². The van der Waals surface area contributed by atoms with Gasteiger partial charge >= 0.3 is 7.60 Å². The normalized spacial score (nSPS) is 21.3. The van der Waals surface area contributed by atoms with E-state index in [2.05, 4.69) is 23.0 Å². The van der Waals surface area contributed by atoms with Crippen molar-refractivity contribution < 1.29 is 18.6 Å². The number of hydroxylamine groups is 3. The van der Waals surface area contributed by atoms with Crippen LogP contribution in [0.15, 0.2) is 0 Å². The Morgan fingerprint density at radius 2 is 1.77 bits per heavy atom. The van der Waals surface area contributed by atoms with Crippen LogP contribution >= 0.6 is 7.60 Å². The van der Waals surface area contributed by atoms with Gasteiger partial charge in [0.1, 0.15) is 0 Å². The van der Waals surface area contributed by atoms with Crippen LogP contribution in [0.25, 0.3) is 0 Å². The van der Waals surface area contributed by atoms with Gasteiger partial charge in [0.15, 0.2) is 0 Å². The second-order valence-electron chi connectivity index (χ2n) is 9.37. The zero-order chi connectivity index (χ0) is 22.8. The molecule has 1 atom stereocenters. The van der Waals surface area contributed by atoms with Crippen LogP contribution in [-0.2, 0) is 18.6 Å². The Morgan fingerprint density at radius 1 is 1.13 bits per heavy atom. The number of carbonyl (C=O) groups excluding carboxylic acids is 1. The summed E-state index contributed by atoms with van der Waals surface area (Å²) in [4.78, 5) is 11.6. The van der Waals surface area contributed by atoms with Crippen molar-refractivity contribution in [2.45, 2.75) is 90.8 Å². The Balaban J connectivity index is 2.86. The average Bonchev–Trinajstić information content (AvgIpc) is 2.60. The molecule has 1 unspecified atom stereocenters. The number of nitrogens with one attached hydrogen (secondary N) is 3. The summed E-state index contributed by atoms with van der Waals surface area (Å²) in [6.45, 7) is 14.3. The molecule has 0 saturated carbocycles. The van der Waals surface area contributed by atoms with Gasteiger partial charge in [-0.15, -0.1) is 0 Å². The lowest BCUT2D eigenvalue weighted by atomic mass is 9.79. The molecule has 1 aliphatic rings. The number of nitrogens with zero attached hydrogens (tertiary/aromatic N) is 1. The first-order valence-corrected chi connectivity index (χ1v) is 12.9. The van der Waals surface area contributed by atoms with E-state index in [0.717, 1.165) is 25.8 Å². The fourth-order valence-electron chi connectivity index (χ4n) is 4.17. The van der Waals surface area contributed by atoms with Gasteiger partial charge in [-0.3, -0.25) is 9.36 Å². The first-order valence-electron chi connectivity index (χ1n) is 11.1. The second-order valence-corrected chi connectivity index (χ2v) is 11.4. The standard InChI is InChI=1S/C20H44N5O4P/c1-7-8-9-14-30(27,28-23-13-12-22-11-10-21)29-25-19(3,4)15-18(24-17(2)26)16-20(25,5)6/h18,22-23H,7-16,21H2,1-6H3,(H,24,26). The molecule has 1 aliphatic heterocycles. The van der Waals surface area contributed by atoms with E-state index in [-0.39, 0.29) is 11.9 Å². The monoisotopic (exact) mass is 449 g/mol. The SMILES string of the molecule is CCCCCP(=O)(ONCCNCCN)ON1C(C)(C)CC(NC(C)=O)CC1(C)C. The van der Waals surface area contributed by atoms with E-state index in [1.54, 1.807) is 0 Å². The molecule has 0 aromatic heterocycles. The van der Waals surface area contributed by atoms with E-state index in [0.29, 0.717) is 38.6 Å². The molecular formula is C20H44N5O4P. The zero-order valence-electron chi connectivity index (χ0n) is 19.8. The molecule has 1 amide bonds. The highest BCUT2D eigenvalue weighted by Crippen LogP contribution is 2.53. The van der Waals surface area contributed by atoms with Gasteiger partial charge in [0, 0.05) is 50.2 Å². The van der Waals surface area contributed by atoms with Gasteiger partial charge in [-0.1, -0.05) is 19.8 Å². The van der Waals surface area contributed by atoms with E-state index < -0.39 is 18.7 Å². The molecule has 0 aliphatic carbocycles. The maximum atomic E-state index is 13.6. The Bertz CT molecular complexity index is 555. The van der Waals surface area contributed by atoms with Gasteiger partial charge in [-0.2, -0.15) is 10.5 Å². The molecule has 30 heavy (non-hydrogen) atoms. The molecule has 10 heteroatoms. The van der Waals surface area contributed by atoms with Gasteiger partial charge in [0.25, 0.3) is 0 Å². The molecule has 0 aromatic rings. The zero-order valence-corrected chi connectivity index (χ0v) is 20.6. The molecule has 5 N–H and O–H groups in total. The molecule has 1 heterocycles. The van der Waals surface area contributed by atoms with Gasteiger partial charge in [-0.05, 0) is 47.0 Å². The summed E-state index contributed by atoms with van der Waals surface area (Å²) in [5, 5.41) is 8.02. The smallest absolute Gasteiger partial charge is 0.353 e. The molecule has 0 radical (unpaired) electrons. The molecule has 178 valence electrons. The quantitative estimate of drug-likeness (QED) is 0.182. The number of hydrogen-bond acceptors (Lipinski definition) is 8. The fourth-order valence-corrected chi connectivity index (χ4v) is 5.96. The Kier molecular flexibility index (Phi) is 11.4. The Hall–Kier alpha value is -0.540. The molecule has 0 aromatic carbocycles. The van der Waals surface area contributed by atoms with Crippen molar-refractivity contribution in [3.8, 4) is 0 Å². The van der Waals surface area contributed by atoms with Crippen molar-refractivity contribution in [1.82, 2.24) is 21.2 Å². The summed E-state index contributed by atoms with van der Waals surface area (Å²) in [7, 11) is -3.41. The highest BCUT2D eigenvalue weighted by Gasteiger charge is 2.49. The van der Waals surface area contributed by atoms with Crippen molar-refractivity contribution in [3.05, 3.63) is 0 Å². The first kappa shape index (κ1) is 27.5. The largest absolute Gasteiger partial charge is 0.363 e. The van der Waals surface area contributed by atoms with Crippen LogP contribution in [0.1, 0.15) is 73.6 Å². The topological polar surface area (TPSA) is 118 Å². The van der Waals surface area contributed by atoms with Crippen LogP contribution in [0.5, 0.6) is 0 Å². The van der Waals surface area contributed by atoms with Crippen molar-refractivity contribution in [2.75, 3.05) is 32.3 Å². The molecule has 1 rings (SSSR count). The Labute approximate surface area is 182 Å². The molecule has 1 saturated heterocycles. The maximum absolute atomic E-state index is 13.6. The second kappa shape index (κ2) is 12.5. The van der Waals surface area contributed by atoms with Crippen molar-refractivity contribution in [3.63, 3.8) is 0 Å². The van der Waals surface area contributed by atoms with Crippen LogP contribution in [0, 0.1) is 0 Å². The number of unbranched alkanes of at least 4 members (excludes halogenated alkanes) is 2. The van der Waals surface area contributed by atoms with Gasteiger partial charge in [-0.25, -0.2) is 9.25 Å². The number of carbonyl (C=O) groups is 1. The lowest BCUT2D eigenvalue weighted by Gasteiger charge is -2.54. The predicted molar refractivity (Wildman–Crippen MR) is 121 cm³/mol. The third-order valence-corrected chi connectivity index (χ3v) is 6.85. The van der Waals surface area contributed by atoms with Crippen molar-refractivity contribution >= 4 is 13.5 Å². The van der Waals surface area contributed by atoms with E-state index in [9.17, 15) is 9.36 Å².